The highest BCUT2D eigenvalue weighted by Crippen LogP contribution is 2.64. The Morgan fingerprint density at radius 1 is 1.13 bits per heavy atom. The SMILES string of the molecule is Cc1c(N(C)C)ccc(C2CC3(C)C(O)CCC3C3CCC4=CC(=O)CCC4=C23)c1F. The van der Waals surface area contributed by atoms with Gasteiger partial charge in [0.25, 0.3) is 0 Å². The molecule has 2 saturated carbocycles. The minimum atomic E-state index is -0.318. The number of carbonyl (C=O) groups excluding carboxylic acids is 1. The van der Waals surface area contributed by atoms with Crippen LogP contribution in [0.15, 0.2) is 34.9 Å². The second-order valence-electron chi connectivity index (χ2n) is 10.7. The Balaban J connectivity index is 1.70. The van der Waals surface area contributed by atoms with Crippen molar-refractivity contribution in [2.24, 2.45) is 17.3 Å². The standard InChI is InChI=1S/C27H34FNO2/c1-15-23(29(3)4)11-9-19(26(15)28)21-14-27(2)22(10-12-24(27)31)20-7-5-16-13-17(30)6-8-18(16)25(20)21/h9,11,13,20-22,24,31H,5-8,10,12,14H2,1-4H3. The normalized spacial score (nSPS) is 34.8. The van der Waals surface area contributed by atoms with Crippen molar-refractivity contribution < 1.29 is 14.3 Å². The molecule has 0 amide bonds. The molecule has 1 aromatic carbocycles. The number of anilines is 1. The van der Waals surface area contributed by atoms with Gasteiger partial charge in [0.1, 0.15) is 5.82 Å². The highest BCUT2D eigenvalue weighted by Gasteiger charge is 2.56. The molecule has 0 heterocycles. The number of aliphatic hydroxyl groups excluding tert-OH is 1. The predicted octanol–water partition coefficient (Wildman–Crippen LogP) is 5.46. The van der Waals surface area contributed by atoms with E-state index in [0.717, 1.165) is 49.8 Å². The highest BCUT2D eigenvalue weighted by molar-refractivity contribution is 5.93. The lowest BCUT2D eigenvalue weighted by atomic mass is 9.53. The maximum atomic E-state index is 15.8. The molecule has 5 atom stereocenters. The largest absolute Gasteiger partial charge is 0.393 e. The van der Waals surface area contributed by atoms with E-state index in [1.165, 1.54) is 16.7 Å². The lowest BCUT2D eigenvalue weighted by molar-refractivity contribution is -0.114. The summed E-state index contributed by atoms with van der Waals surface area (Å²) in [6.45, 7) is 4.10. The Bertz CT molecular complexity index is 1010. The number of allylic oxidation sites excluding steroid dienone is 4. The highest BCUT2D eigenvalue weighted by atomic mass is 19.1. The number of nitrogens with zero attached hydrogens (tertiary/aromatic N) is 1. The molecule has 31 heavy (non-hydrogen) atoms. The number of rotatable bonds is 2. The van der Waals surface area contributed by atoms with Crippen molar-refractivity contribution >= 4 is 11.5 Å². The van der Waals surface area contributed by atoms with Gasteiger partial charge in [0.15, 0.2) is 5.78 Å². The molecule has 0 bridgehead atoms. The van der Waals surface area contributed by atoms with E-state index in [1.54, 1.807) is 0 Å². The van der Waals surface area contributed by atoms with Gasteiger partial charge in [-0.15, -0.1) is 0 Å². The van der Waals surface area contributed by atoms with E-state index in [9.17, 15) is 9.90 Å². The fourth-order valence-electron chi connectivity index (χ4n) is 7.36. The minimum Gasteiger partial charge on any atom is -0.393 e. The maximum Gasteiger partial charge on any atom is 0.156 e. The first-order valence-corrected chi connectivity index (χ1v) is 11.8. The van der Waals surface area contributed by atoms with Gasteiger partial charge >= 0.3 is 0 Å². The topological polar surface area (TPSA) is 40.5 Å². The van der Waals surface area contributed by atoms with Crippen LogP contribution in [0, 0.1) is 30.0 Å². The number of halogens is 1. The number of carbonyl (C=O) groups is 1. The molecule has 0 saturated heterocycles. The minimum absolute atomic E-state index is 0.0270. The quantitative estimate of drug-likeness (QED) is 0.687. The Morgan fingerprint density at radius 3 is 2.65 bits per heavy atom. The van der Waals surface area contributed by atoms with Crippen molar-refractivity contribution in [3.63, 3.8) is 0 Å². The zero-order chi connectivity index (χ0) is 22.1. The molecule has 1 aromatic rings. The van der Waals surface area contributed by atoms with Gasteiger partial charge in [0.2, 0.25) is 0 Å². The van der Waals surface area contributed by atoms with Crippen molar-refractivity contribution in [3.8, 4) is 0 Å². The first kappa shape index (κ1) is 20.9. The van der Waals surface area contributed by atoms with Gasteiger partial charge < -0.3 is 10.0 Å². The number of benzene rings is 1. The molecular formula is C27H34FNO2. The lowest BCUT2D eigenvalue weighted by Crippen LogP contribution is -2.45. The molecule has 4 heteroatoms. The van der Waals surface area contributed by atoms with Crippen LogP contribution >= 0.6 is 0 Å². The summed E-state index contributed by atoms with van der Waals surface area (Å²) in [5, 5.41) is 11.0. The van der Waals surface area contributed by atoms with E-state index in [-0.39, 0.29) is 29.0 Å². The monoisotopic (exact) mass is 423 g/mol. The van der Waals surface area contributed by atoms with E-state index in [4.69, 9.17) is 0 Å². The van der Waals surface area contributed by atoms with Crippen LogP contribution in [-0.4, -0.2) is 31.1 Å². The lowest BCUT2D eigenvalue weighted by Gasteiger charge is -2.52. The van der Waals surface area contributed by atoms with Gasteiger partial charge in [-0.25, -0.2) is 4.39 Å². The first-order chi connectivity index (χ1) is 14.7. The first-order valence-electron chi connectivity index (χ1n) is 11.8. The molecule has 5 rings (SSSR count). The second-order valence-corrected chi connectivity index (χ2v) is 10.7. The molecule has 4 aliphatic carbocycles. The number of hydrogen-bond donors (Lipinski definition) is 1. The zero-order valence-corrected chi connectivity index (χ0v) is 19.2. The van der Waals surface area contributed by atoms with E-state index >= 15 is 4.39 Å². The van der Waals surface area contributed by atoms with Crippen molar-refractivity contribution in [2.75, 3.05) is 19.0 Å². The predicted molar refractivity (Wildman–Crippen MR) is 122 cm³/mol. The summed E-state index contributed by atoms with van der Waals surface area (Å²) in [7, 11) is 3.89. The van der Waals surface area contributed by atoms with Crippen LogP contribution in [-0.2, 0) is 4.79 Å². The van der Waals surface area contributed by atoms with Crippen molar-refractivity contribution in [2.45, 2.75) is 70.8 Å². The summed E-state index contributed by atoms with van der Waals surface area (Å²) in [4.78, 5) is 14.1. The molecule has 3 nitrogen and oxygen atoms in total. The van der Waals surface area contributed by atoms with Gasteiger partial charge in [-0.05, 0) is 91.6 Å². The van der Waals surface area contributed by atoms with E-state index in [1.807, 2.05) is 44.1 Å². The van der Waals surface area contributed by atoms with E-state index < -0.39 is 0 Å². The summed E-state index contributed by atoms with van der Waals surface area (Å²) in [5.41, 5.74) is 6.10. The van der Waals surface area contributed by atoms with Crippen molar-refractivity contribution in [1.82, 2.24) is 0 Å². The molecular weight excluding hydrogens is 389 g/mol. The molecule has 0 aromatic heterocycles. The van der Waals surface area contributed by atoms with Crippen LogP contribution in [0.2, 0.25) is 0 Å². The van der Waals surface area contributed by atoms with Crippen molar-refractivity contribution in [3.05, 3.63) is 51.9 Å². The molecule has 5 unspecified atom stereocenters. The molecule has 0 aliphatic heterocycles. The van der Waals surface area contributed by atoms with Crippen LogP contribution in [0.5, 0.6) is 0 Å². The van der Waals surface area contributed by atoms with E-state index in [2.05, 4.69) is 6.92 Å². The van der Waals surface area contributed by atoms with Gasteiger partial charge in [-0.3, -0.25) is 4.79 Å². The summed E-state index contributed by atoms with van der Waals surface area (Å²) in [6, 6.07) is 4.02. The zero-order valence-electron chi connectivity index (χ0n) is 19.2. The Hall–Kier alpha value is -1.94. The second kappa shape index (κ2) is 7.30. The molecule has 2 fully saturated rings. The summed E-state index contributed by atoms with van der Waals surface area (Å²) in [6.07, 6.45) is 7.51. The van der Waals surface area contributed by atoms with E-state index in [0.29, 0.717) is 23.8 Å². The Morgan fingerprint density at radius 2 is 1.90 bits per heavy atom. The van der Waals surface area contributed by atoms with Crippen LogP contribution in [0.25, 0.3) is 0 Å². The number of hydrogen-bond acceptors (Lipinski definition) is 3. The molecule has 0 radical (unpaired) electrons. The van der Waals surface area contributed by atoms with Gasteiger partial charge in [0, 0.05) is 37.7 Å². The van der Waals surface area contributed by atoms with Crippen LogP contribution < -0.4 is 4.90 Å². The number of fused-ring (bicyclic) bond motifs is 4. The summed E-state index contributed by atoms with van der Waals surface area (Å²) >= 11 is 0. The molecule has 1 N–H and O–H groups in total. The number of aliphatic hydroxyl groups is 1. The molecule has 4 aliphatic rings. The third-order valence-electron chi connectivity index (χ3n) is 8.93. The number of ketones is 1. The summed E-state index contributed by atoms with van der Waals surface area (Å²) in [5.74, 6) is 0.921. The maximum absolute atomic E-state index is 15.8. The molecule has 0 spiro atoms. The third kappa shape index (κ3) is 3.05. The molecule has 166 valence electrons. The smallest absolute Gasteiger partial charge is 0.156 e. The van der Waals surface area contributed by atoms with Crippen LogP contribution in [0.4, 0.5) is 10.1 Å². The fraction of sp³-hybridized carbons (Fsp3) is 0.593. The van der Waals surface area contributed by atoms with Gasteiger partial charge in [0.05, 0.1) is 6.10 Å². The Kier molecular flexibility index (Phi) is 4.93. The van der Waals surface area contributed by atoms with Crippen LogP contribution in [0.1, 0.15) is 68.9 Å². The summed E-state index contributed by atoms with van der Waals surface area (Å²) < 4.78 is 15.8. The van der Waals surface area contributed by atoms with Gasteiger partial charge in [-0.2, -0.15) is 0 Å². The Labute approximate surface area is 185 Å². The average Bonchev–Trinajstić information content (AvgIpc) is 3.03. The average molecular weight is 424 g/mol. The fourth-order valence-corrected chi connectivity index (χ4v) is 7.36. The van der Waals surface area contributed by atoms with Crippen LogP contribution in [0.3, 0.4) is 0 Å². The van der Waals surface area contributed by atoms with Crippen molar-refractivity contribution in [1.29, 1.82) is 0 Å². The van der Waals surface area contributed by atoms with Gasteiger partial charge in [-0.1, -0.05) is 18.6 Å². The third-order valence-corrected chi connectivity index (χ3v) is 8.93.